The summed E-state index contributed by atoms with van der Waals surface area (Å²) >= 11 is 0. The summed E-state index contributed by atoms with van der Waals surface area (Å²) in [5.74, 6) is -1.01. The van der Waals surface area contributed by atoms with Crippen LogP contribution in [0.1, 0.15) is 46.2 Å². The monoisotopic (exact) mass is 452 g/mol. The Hall–Kier alpha value is -3.33. The lowest BCUT2D eigenvalue weighted by molar-refractivity contribution is 0.0922. The second kappa shape index (κ2) is 7.37. The Kier molecular flexibility index (Phi) is 4.74. The molecule has 2 heterocycles. The van der Waals surface area contributed by atoms with Crippen molar-refractivity contribution in [3.8, 4) is 11.1 Å². The second-order valence-corrected chi connectivity index (χ2v) is 10.4. The zero-order chi connectivity index (χ0) is 22.6. The number of hydrogen-bond donors (Lipinski definition) is 2. The molecule has 164 valence electrons. The Balaban J connectivity index is 1.75. The summed E-state index contributed by atoms with van der Waals surface area (Å²) in [7, 11) is -3.76. The Morgan fingerprint density at radius 2 is 1.84 bits per heavy atom. The molecule has 5 rings (SSSR count). The minimum Gasteiger partial charge on any atom is -0.368 e. The highest BCUT2D eigenvalue weighted by atomic mass is 32.2. The number of nitrogens with zero attached hydrogens (tertiary/aromatic N) is 2. The summed E-state index contributed by atoms with van der Waals surface area (Å²) in [5, 5.41) is 2.37. The number of amides is 1. The number of rotatable bonds is 4. The molecule has 0 unspecified atom stereocenters. The number of halogens is 1. The van der Waals surface area contributed by atoms with Gasteiger partial charge in [-0.25, -0.2) is 22.8 Å². The van der Waals surface area contributed by atoms with Crippen molar-refractivity contribution in [2.45, 2.75) is 42.4 Å². The first kappa shape index (κ1) is 20.6. The second-order valence-electron chi connectivity index (χ2n) is 8.19. The summed E-state index contributed by atoms with van der Waals surface area (Å²) < 4.78 is 41.3. The van der Waals surface area contributed by atoms with Gasteiger partial charge in [-0.15, -0.1) is 0 Å². The minimum absolute atomic E-state index is 0.0444. The van der Waals surface area contributed by atoms with Crippen molar-refractivity contribution in [3.63, 3.8) is 0 Å². The first-order valence-corrected chi connectivity index (χ1v) is 11.9. The van der Waals surface area contributed by atoms with Crippen molar-refractivity contribution in [1.29, 1.82) is 0 Å². The topological polar surface area (TPSA) is 115 Å². The van der Waals surface area contributed by atoms with Crippen molar-refractivity contribution in [1.82, 2.24) is 15.3 Å². The van der Waals surface area contributed by atoms with Crippen molar-refractivity contribution in [3.05, 3.63) is 70.8 Å². The summed E-state index contributed by atoms with van der Waals surface area (Å²) in [5.41, 5.74) is 8.50. The van der Waals surface area contributed by atoms with E-state index in [-0.39, 0.29) is 17.3 Å². The van der Waals surface area contributed by atoms with E-state index < -0.39 is 32.9 Å². The van der Waals surface area contributed by atoms with E-state index in [0.717, 1.165) is 6.07 Å². The van der Waals surface area contributed by atoms with Gasteiger partial charge < -0.3 is 11.1 Å². The third-order valence-electron chi connectivity index (χ3n) is 5.92. The maximum Gasteiger partial charge on any atom is 0.255 e. The molecule has 7 nitrogen and oxygen atoms in total. The van der Waals surface area contributed by atoms with Crippen molar-refractivity contribution in [2.75, 3.05) is 5.73 Å². The summed E-state index contributed by atoms with van der Waals surface area (Å²) in [6, 6.07) is 10.7. The van der Waals surface area contributed by atoms with Crippen LogP contribution in [-0.4, -0.2) is 29.5 Å². The van der Waals surface area contributed by atoms with Gasteiger partial charge in [-0.3, -0.25) is 4.79 Å². The smallest absolute Gasteiger partial charge is 0.255 e. The van der Waals surface area contributed by atoms with Gasteiger partial charge in [0.25, 0.3) is 5.91 Å². The molecular weight excluding hydrogens is 431 g/mol. The molecule has 0 spiro atoms. The van der Waals surface area contributed by atoms with E-state index in [1.165, 1.54) is 6.07 Å². The van der Waals surface area contributed by atoms with Crippen molar-refractivity contribution >= 4 is 21.7 Å². The molecule has 32 heavy (non-hydrogen) atoms. The SMILES string of the molecule is Cc1nc(N)nc2c1C(=O)N[C@@H](c1c(-c3ccccc3)cc(F)cc1S(=O)(=O)C1CC1)C2. The number of nitrogens with two attached hydrogens (primary N) is 1. The predicted molar refractivity (Wildman–Crippen MR) is 117 cm³/mol. The molecule has 1 atom stereocenters. The van der Waals surface area contributed by atoms with E-state index in [9.17, 15) is 17.6 Å². The highest BCUT2D eigenvalue weighted by Crippen LogP contribution is 2.42. The van der Waals surface area contributed by atoms with Gasteiger partial charge >= 0.3 is 0 Å². The van der Waals surface area contributed by atoms with Crippen LogP contribution in [0.3, 0.4) is 0 Å². The highest BCUT2D eigenvalue weighted by Gasteiger charge is 2.41. The lowest BCUT2D eigenvalue weighted by Gasteiger charge is -2.29. The van der Waals surface area contributed by atoms with Crippen LogP contribution < -0.4 is 11.1 Å². The molecule has 1 amide bonds. The third kappa shape index (κ3) is 3.42. The van der Waals surface area contributed by atoms with E-state index in [1.807, 2.05) is 6.07 Å². The number of anilines is 1. The molecule has 1 fully saturated rings. The molecule has 3 N–H and O–H groups in total. The minimum atomic E-state index is -3.76. The summed E-state index contributed by atoms with van der Waals surface area (Å²) in [6.45, 7) is 1.67. The van der Waals surface area contributed by atoms with Gasteiger partial charge in [0.1, 0.15) is 5.82 Å². The van der Waals surface area contributed by atoms with Gasteiger partial charge in [0.15, 0.2) is 9.84 Å². The van der Waals surface area contributed by atoms with Gasteiger partial charge in [0.05, 0.1) is 33.1 Å². The van der Waals surface area contributed by atoms with Crippen LogP contribution >= 0.6 is 0 Å². The molecule has 1 aromatic heterocycles. The summed E-state index contributed by atoms with van der Waals surface area (Å²) in [4.78, 5) is 21.2. The van der Waals surface area contributed by atoms with Crippen LogP contribution in [0.15, 0.2) is 47.4 Å². The Bertz CT molecular complexity index is 1360. The highest BCUT2D eigenvalue weighted by molar-refractivity contribution is 7.92. The molecule has 9 heteroatoms. The van der Waals surface area contributed by atoms with Gasteiger partial charge in [-0.1, -0.05) is 30.3 Å². The number of aromatic nitrogens is 2. The van der Waals surface area contributed by atoms with Gasteiger partial charge in [0, 0.05) is 12.0 Å². The van der Waals surface area contributed by atoms with Gasteiger partial charge in [0.2, 0.25) is 5.95 Å². The van der Waals surface area contributed by atoms with Crippen LogP contribution in [0.25, 0.3) is 11.1 Å². The number of hydrogen-bond acceptors (Lipinski definition) is 6. The molecule has 1 aliphatic carbocycles. The lowest BCUT2D eigenvalue weighted by atomic mass is 9.88. The maximum atomic E-state index is 14.7. The molecule has 2 aliphatic rings. The number of carbonyl (C=O) groups is 1. The fourth-order valence-corrected chi connectivity index (χ4v) is 6.30. The Morgan fingerprint density at radius 1 is 1.12 bits per heavy atom. The van der Waals surface area contributed by atoms with E-state index in [1.54, 1.807) is 31.2 Å². The molecule has 2 aromatic carbocycles. The van der Waals surface area contributed by atoms with Crippen LogP contribution in [0, 0.1) is 12.7 Å². The van der Waals surface area contributed by atoms with Gasteiger partial charge in [-0.05, 0) is 43.0 Å². The standard InChI is InChI=1S/C23H21FN4O3S/c1-12-20-17(28-23(25)26-12)11-18(27-22(20)29)21-16(13-5-3-2-4-6-13)9-14(24)10-19(21)32(30,31)15-7-8-15/h2-6,9-10,15,18H,7-8,11H2,1H3,(H,27,29)(H2,25,26,28)/t18-/m1/s1. The van der Waals surface area contributed by atoms with E-state index in [0.29, 0.717) is 46.5 Å². The zero-order valence-corrected chi connectivity index (χ0v) is 18.1. The molecule has 1 aliphatic heterocycles. The first-order chi connectivity index (χ1) is 15.3. The molecule has 3 aromatic rings. The average molecular weight is 453 g/mol. The third-order valence-corrected chi connectivity index (χ3v) is 8.22. The number of nitrogen functional groups attached to an aromatic ring is 1. The van der Waals surface area contributed by atoms with E-state index >= 15 is 0 Å². The normalized spacial score (nSPS) is 18.2. The largest absolute Gasteiger partial charge is 0.368 e. The number of sulfone groups is 1. The predicted octanol–water partition coefficient (Wildman–Crippen LogP) is 3.14. The molecular formula is C23H21FN4O3S. The van der Waals surface area contributed by atoms with Crippen LogP contribution in [0.2, 0.25) is 0 Å². The molecule has 0 radical (unpaired) electrons. The lowest BCUT2D eigenvalue weighted by Crippen LogP contribution is -2.38. The zero-order valence-electron chi connectivity index (χ0n) is 17.3. The van der Waals surface area contributed by atoms with E-state index in [4.69, 9.17) is 5.73 Å². The van der Waals surface area contributed by atoms with Crippen molar-refractivity contribution in [2.24, 2.45) is 0 Å². The van der Waals surface area contributed by atoms with E-state index in [2.05, 4.69) is 15.3 Å². The number of carbonyl (C=O) groups excluding carboxylic acids is 1. The first-order valence-electron chi connectivity index (χ1n) is 10.3. The fraction of sp³-hybridized carbons (Fsp3) is 0.261. The molecule has 0 saturated heterocycles. The number of fused-ring (bicyclic) bond motifs is 1. The fourth-order valence-electron chi connectivity index (χ4n) is 4.35. The maximum absolute atomic E-state index is 14.7. The quantitative estimate of drug-likeness (QED) is 0.628. The molecule has 0 bridgehead atoms. The Labute approximate surface area is 184 Å². The molecule has 1 saturated carbocycles. The average Bonchev–Trinajstić information content (AvgIpc) is 3.59. The summed E-state index contributed by atoms with van der Waals surface area (Å²) in [6.07, 6.45) is 1.30. The van der Waals surface area contributed by atoms with Crippen LogP contribution in [0.4, 0.5) is 10.3 Å². The number of aryl methyl sites for hydroxylation is 1. The van der Waals surface area contributed by atoms with Crippen LogP contribution in [-0.2, 0) is 16.3 Å². The van der Waals surface area contributed by atoms with Crippen molar-refractivity contribution < 1.29 is 17.6 Å². The van der Waals surface area contributed by atoms with Crippen LogP contribution in [0.5, 0.6) is 0 Å². The number of benzene rings is 2. The number of nitrogens with one attached hydrogen (secondary N) is 1. The van der Waals surface area contributed by atoms with Gasteiger partial charge in [-0.2, -0.15) is 0 Å². The Morgan fingerprint density at radius 3 is 2.53 bits per heavy atom.